The third-order valence-electron chi connectivity index (χ3n) is 2.83. The van der Waals surface area contributed by atoms with Gasteiger partial charge in [-0.1, -0.05) is 41.6 Å². The van der Waals surface area contributed by atoms with Gasteiger partial charge in [-0.15, -0.1) is 0 Å². The lowest BCUT2D eigenvalue weighted by Gasteiger charge is -2.09. The van der Waals surface area contributed by atoms with Crippen molar-refractivity contribution in [2.75, 3.05) is 5.32 Å². The summed E-state index contributed by atoms with van der Waals surface area (Å²) in [6.45, 7) is 0. The highest BCUT2D eigenvalue weighted by Gasteiger charge is 2.11. The van der Waals surface area contributed by atoms with Gasteiger partial charge in [0.1, 0.15) is 17.7 Å². The number of carbonyl (C=O) groups is 1. The van der Waals surface area contributed by atoms with E-state index in [1.165, 1.54) is 6.26 Å². The molecule has 2 aromatic carbocycles. The van der Waals surface area contributed by atoms with Gasteiger partial charge in [-0.2, -0.15) is 0 Å². The van der Waals surface area contributed by atoms with Gasteiger partial charge in [0, 0.05) is 11.6 Å². The van der Waals surface area contributed by atoms with Crippen LogP contribution in [0.2, 0.25) is 0 Å². The van der Waals surface area contributed by atoms with Crippen LogP contribution in [0.4, 0.5) is 10.5 Å². The zero-order valence-corrected chi connectivity index (χ0v) is 11.0. The Bertz CT molecular complexity index is 724. The molecule has 0 bridgehead atoms. The van der Waals surface area contributed by atoms with Crippen LogP contribution in [0.5, 0.6) is 5.75 Å². The lowest BCUT2D eigenvalue weighted by atomic mass is 10.1. The molecule has 0 radical (unpaired) electrons. The topological polar surface area (TPSA) is 64.4 Å². The van der Waals surface area contributed by atoms with Crippen molar-refractivity contribution in [2.24, 2.45) is 0 Å². The zero-order chi connectivity index (χ0) is 14.5. The van der Waals surface area contributed by atoms with Gasteiger partial charge in [0.05, 0.1) is 5.69 Å². The number of ether oxygens (including phenoxy) is 1. The summed E-state index contributed by atoms with van der Waals surface area (Å²) < 4.78 is 10.0. The largest absolute Gasteiger partial charge is 0.417 e. The molecule has 5 heteroatoms. The summed E-state index contributed by atoms with van der Waals surface area (Å²) in [5.74, 6) is 0.480. The van der Waals surface area contributed by atoms with Gasteiger partial charge < -0.3 is 9.26 Å². The van der Waals surface area contributed by atoms with E-state index in [0.717, 1.165) is 5.56 Å². The summed E-state index contributed by atoms with van der Waals surface area (Å²) in [5.41, 5.74) is 2.01. The maximum Gasteiger partial charge on any atom is 0.417 e. The van der Waals surface area contributed by atoms with E-state index in [9.17, 15) is 4.79 Å². The van der Waals surface area contributed by atoms with Crippen molar-refractivity contribution in [1.29, 1.82) is 0 Å². The molecule has 0 aliphatic carbocycles. The second kappa shape index (κ2) is 5.92. The van der Waals surface area contributed by atoms with Crippen LogP contribution in [0.25, 0.3) is 11.3 Å². The van der Waals surface area contributed by atoms with Crippen molar-refractivity contribution in [3.05, 3.63) is 66.9 Å². The Hall–Kier alpha value is -3.08. The normalized spacial score (nSPS) is 10.1. The van der Waals surface area contributed by atoms with E-state index in [-0.39, 0.29) is 0 Å². The molecule has 1 N–H and O–H groups in total. The lowest BCUT2D eigenvalue weighted by molar-refractivity contribution is 0.215. The summed E-state index contributed by atoms with van der Waals surface area (Å²) in [4.78, 5) is 11.9. The molecule has 1 heterocycles. The molecule has 0 aliphatic rings. The average Bonchev–Trinajstić information content (AvgIpc) is 3.03. The second-order valence-electron chi connectivity index (χ2n) is 4.26. The van der Waals surface area contributed by atoms with E-state index in [1.807, 2.05) is 24.3 Å². The first-order valence-electron chi connectivity index (χ1n) is 6.36. The van der Waals surface area contributed by atoms with Crippen LogP contribution in [0.15, 0.2) is 71.4 Å². The van der Waals surface area contributed by atoms with Crippen molar-refractivity contribution in [3.63, 3.8) is 0 Å². The highest BCUT2D eigenvalue weighted by Crippen LogP contribution is 2.26. The lowest BCUT2D eigenvalue weighted by Crippen LogP contribution is -2.17. The summed E-state index contributed by atoms with van der Waals surface area (Å²) in [7, 11) is 0. The summed E-state index contributed by atoms with van der Waals surface area (Å²) in [6.07, 6.45) is 0.922. The maximum atomic E-state index is 11.9. The van der Waals surface area contributed by atoms with Gasteiger partial charge in [0.2, 0.25) is 0 Å². The van der Waals surface area contributed by atoms with Crippen LogP contribution >= 0.6 is 0 Å². The minimum Gasteiger partial charge on any atom is -0.410 e. The molecule has 0 unspecified atom stereocenters. The van der Waals surface area contributed by atoms with E-state index in [0.29, 0.717) is 17.1 Å². The number of hydrogen-bond acceptors (Lipinski definition) is 4. The Morgan fingerprint density at radius 1 is 1.00 bits per heavy atom. The van der Waals surface area contributed by atoms with Crippen LogP contribution in [-0.2, 0) is 0 Å². The number of para-hydroxylation sites is 2. The average molecular weight is 280 g/mol. The first kappa shape index (κ1) is 12.9. The smallest absolute Gasteiger partial charge is 0.410 e. The minimum absolute atomic E-state index is 0.480. The molecule has 3 rings (SSSR count). The number of amides is 1. The first-order valence-corrected chi connectivity index (χ1v) is 6.36. The number of aromatic nitrogens is 1. The van der Waals surface area contributed by atoms with Crippen LogP contribution in [0, 0.1) is 0 Å². The Kier molecular flexibility index (Phi) is 3.64. The van der Waals surface area contributed by atoms with E-state index >= 15 is 0 Å². The van der Waals surface area contributed by atoms with Crippen molar-refractivity contribution in [2.45, 2.75) is 0 Å². The number of rotatable bonds is 3. The van der Waals surface area contributed by atoms with Crippen LogP contribution < -0.4 is 10.1 Å². The van der Waals surface area contributed by atoms with Crippen LogP contribution in [0.1, 0.15) is 0 Å². The number of hydrogen-bond donors (Lipinski definition) is 1. The van der Waals surface area contributed by atoms with E-state index in [4.69, 9.17) is 9.26 Å². The zero-order valence-electron chi connectivity index (χ0n) is 11.0. The molecule has 1 amide bonds. The molecule has 21 heavy (non-hydrogen) atoms. The summed E-state index contributed by atoms with van der Waals surface area (Å²) in [6, 6.07) is 17.9. The minimum atomic E-state index is -0.558. The van der Waals surface area contributed by atoms with Crippen molar-refractivity contribution < 1.29 is 14.1 Å². The molecule has 0 spiro atoms. The number of nitrogens with one attached hydrogen (secondary N) is 1. The monoisotopic (exact) mass is 280 g/mol. The van der Waals surface area contributed by atoms with Gasteiger partial charge in [0.25, 0.3) is 0 Å². The molecule has 0 atom stereocenters. The van der Waals surface area contributed by atoms with Crippen LogP contribution in [0.3, 0.4) is 0 Å². The van der Waals surface area contributed by atoms with E-state index < -0.39 is 6.09 Å². The van der Waals surface area contributed by atoms with E-state index in [2.05, 4.69) is 10.5 Å². The Morgan fingerprint density at radius 3 is 2.52 bits per heavy atom. The molecule has 0 aliphatic heterocycles. The standard InChI is InChI=1S/C16H12N2O3/c19-16(21-12-6-2-1-3-7-12)17-14-9-5-4-8-13(14)15-10-11-20-18-15/h1-11H,(H,17,19). The third kappa shape index (κ3) is 3.09. The molecule has 104 valence electrons. The highest BCUT2D eigenvalue weighted by molar-refractivity contribution is 5.91. The van der Waals surface area contributed by atoms with Gasteiger partial charge in [-0.25, -0.2) is 4.79 Å². The van der Waals surface area contributed by atoms with Crippen molar-refractivity contribution in [1.82, 2.24) is 5.16 Å². The molecule has 1 aromatic heterocycles. The van der Waals surface area contributed by atoms with Crippen molar-refractivity contribution >= 4 is 11.8 Å². The molecular weight excluding hydrogens is 268 g/mol. The fraction of sp³-hybridized carbons (Fsp3) is 0. The second-order valence-corrected chi connectivity index (χ2v) is 4.26. The molecule has 0 saturated heterocycles. The molecular formula is C16H12N2O3. The number of nitrogens with zero attached hydrogens (tertiary/aromatic N) is 1. The van der Waals surface area contributed by atoms with Crippen molar-refractivity contribution in [3.8, 4) is 17.0 Å². The Balaban J connectivity index is 1.78. The van der Waals surface area contributed by atoms with E-state index in [1.54, 1.807) is 36.4 Å². The fourth-order valence-electron chi connectivity index (χ4n) is 1.90. The SMILES string of the molecule is O=C(Nc1ccccc1-c1ccon1)Oc1ccccc1. The fourth-order valence-corrected chi connectivity index (χ4v) is 1.90. The predicted octanol–water partition coefficient (Wildman–Crippen LogP) is 3.95. The maximum absolute atomic E-state index is 11.9. The van der Waals surface area contributed by atoms with Gasteiger partial charge in [-0.3, -0.25) is 5.32 Å². The predicted molar refractivity (Wildman–Crippen MR) is 78.0 cm³/mol. The Morgan fingerprint density at radius 2 is 1.76 bits per heavy atom. The molecule has 0 fully saturated rings. The van der Waals surface area contributed by atoms with Gasteiger partial charge in [0.15, 0.2) is 0 Å². The molecule has 3 aromatic rings. The molecule has 5 nitrogen and oxygen atoms in total. The third-order valence-corrected chi connectivity index (χ3v) is 2.83. The quantitative estimate of drug-likeness (QED) is 0.788. The van der Waals surface area contributed by atoms with Gasteiger partial charge >= 0.3 is 6.09 Å². The number of carbonyl (C=O) groups excluding carboxylic acids is 1. The van der Waals surface area contributed by atoms with Crippen LogP contribution in [-0.4, -0.2) is 11.2 Å². The summed E-state index contributed by atoms with van der Waals surface area (Å²) >= 11 is 0. The molecule has 0 saturated carbocycles. The summed E-state index contributed by atoms with van der Waals surface area (Å²) in [5, 5.41) is 6.58. The Labute approximate surface area is 121 Å². The highest BCUT2D eigenvalue weighted by atomic mass is 16.6. The van der Waals surface area contributed by atoms with Gasteiger partial charge in [-0.05, 0) is 18.2 Å². The number of anilines is 1. The number of benzene rings is 2. The first-order chi connectivity index (χ1) is 10.3.